The van der Waals surface area contributed by atoms with Gasteiger partial charge in [0.2, 0.25) is 0 Å². The first-order valence-corrected chi connectivity index (χ1v) is 7.52. The zero-order valence-corrected chi connectivity index (χ0v) is 13.6. The van der Waals surface area contributed by atoms with Gasteiger partial charge in [0.25, 0.3) is 5.91 Å². The Balaban J connectivity index is 1.81. The lowest BCUT2D eigenvalue weighted by atomic mass is 10.2. The van der Waals surface area contributed by atoms with E-state index in [1.54, 1.807) is 42.5 Å². The third-order valence-corrected chi connectivity index (χ3v) is 3.69. The second-order valence-electron chi connectivity index (χ2n) is 4.78. The van der Waals surface area contributed by atoms with Gasteiger partial charge in [0.05, 0.1) is 5.02 Å². The summed E-state index contributed by atoms with van der Waals surface area (Å²) in [5.74, 6) is 0.335. The van der Waals surface area contributed by atoms with Crippen LogP contribution in [0.5, 0.6) is 5.75 Å². The molecule has 4 nitrogen and oxygen atoms in total. The van der Waals surface area contributed by atoms with E-state index in [1.807, 2.05) is 12.1 Å². The standard InChI is InChI=1S/C16H16Cl2N2O2/c1-20(9-6-12-4-7-19-8-5-12)16(21)11-22-15-3-2-13(17)10-14(15)18/h2-5,7-8,10H,6,9,11H2,1H3. The molecular weight excluding hydrogens is 323 g/mol. The normalized spacial score (nSPS) is 10.3. The molecule has 1 aromatic carbocycles. The molecule has 6 heteroatoms. The molecule has 2 rings (SSSR count). The molecule has 22 heavy (non-hydrogen) atoms. The van der Waals surface area contributed by atoms with Gasteiger partial charge in [0.15, 0.2) is 6.61 Å². The first kappa shape index (κ1) is 16.6. The molecule has 1 amide bonds. The molecule has 0 atom stereocenters. The van der Waals surface area contributed by atoms with Crippen molar-refractivity contribution in [3.05, 3.63) is 58.3 Å². The second-order valence-corrected chi connectivity index (χ2v) is 5.63. The molecule has 1 heterocycles. The number of likely N-dealkylation sites (N-methyl/N-ethyl adjacent to an activating group) is 1. The predicted octanol–water partition coefficient (Wildman–Crippen LogP) is 3.47. The number of hydrogen-bond donors (Lipinski definition) is 0. The van der Waals surface area contributed by atoms with E-state index in [1.165, 1.54) is 0 Å². The third kappa shape index (κ3) is 4.90. The van der Waals surface area contributed by atoms with Crippen LogP contribution in [0.1, 0.15) is 5.56 Å². The van der Waals surface area contributed by atoms with E-state index in [9.17, 15) is 4.79 Å². The lowest BCUT2D eigenvalue weighted by molar-refractivity contribution is -0.132. The van der Waals surface area contributed by atoms with Crippen LogP contribution in [-0.4, -0.2) is 36.0 Å². The van der Waals surface area contributed by atoms with E-state index in [0.717, 1.165) is 12.0 Å². The highest BCUT2D eigenvalue weighted by Crippen LogP contribution is 2.27. The fourth-order valence-electron chi connectivity index (χ4n) is 1.81. The fraction of sp³-hybridized carbons (Fsp3) is 0.250. The Bertz CT molecular complexity index is 635. The van der Waals surface area contributed by atoms with Crippen molar-refractivity contribution in [1.82, 2.24) is 9.88 Å². The van der Waals surface area contributed by atoms with Gasteiger partial charge in [-0.1, -0.05) is 23.2 Å². The van der Waals surface area contributed by atoms with Gasteiger partial charge in [-0.25, -0.2) is 0 Å². The van der Waals surface area contributed by atoms with Crippen LogP contribution in [0, 0.1) is 0 Å². The van der Waals surface area contributed by atoms with Crippen molar-refractivity contribution in [3.8, 4) is 5.75 Å². The van der Waals surface area contributed by atoms with Gasteiger partial charge >= 0.3 is 0 Å². The summed E-state index contributed by atoms with van der Waals surface area (Å²) in [4.78, 5) is 17.6. The molecule has 0 unspecified atom stereocenters. The number of benzene rings is 1. The number of amides is 1. The van der Waals surface area contributed by atoms with Gasteiger partial charge < -0.3 is 9.64 Å². The van der Waals surface area contributed by atoms with Crippen LogP contribution < -0.4 is 4.74 Å². The van der Waals surface area contributed by atoms with E-state index >= 15 is 0 Å². The van der Waals surface area contributed by atoms with Crippen LogP contribution in [0.15, 0.2) is 42.7 Å². The number of ether oxygens (including phenoxy) is 1. The minimum absolute atomic E-state index is 0.0613. The van der Waals surface area contributed by atoms with Crippen LogP contribution >= 0.6 is 23.2 Å². The van der Waals surface area contributed by atoms with Crippen LogP contribution in [0.4, 0.5) is 0 Å². The molecule has 2 aromatic rings. The highest BCUT2D eigenvalue weighted by atomic mass is 35.5. The number of nitrogens with zero attached hydrogens (tertiary/aromatic N) is 2. The maximum atomic E-state index is 12.0. The van der Waals surface area contributed by atoms with E-state index in [2.05, 4.69) is 4.98 Å². The summed E-state index contributed by atoms with van der Waals surface area (Å²) >= 11 is 11.8. The second kappa shape index (κ2) is 8.01. The highest BCUT2D eigenvalue weighted by Gasteiger charge is 2.11. The van der Waals surface area contributed by atoms with Gasteiger partial charge in [0.1, 0.15) is 5.75 Å². The molecule has 0 aliphatic rings. The van der Waals surface area contributed by atoms with Crippen molar-refractivity contribution in [3.63, 3.8) is 0 Å². The van der Waals surface area contributed by atoms with Crippen molar-refractivity contribution in [2.24, 2.45) is 0 Å². The maximum absolute atomic E-state index is 12.0. The molecule has 1 aromatic heterocycles. The summed E-state index contributed by atoms with van der Waals surface area (Å²) in [6, 6.07) is 8.76. The number of carbonyl (C=O) groups excluding carboxylic acids is 1. The molecule has 0 bridgehead atoms. The molecule has 0 N–H and O–H groups in total. The number of pyridine rings is 1. The smallest absolute Gasteiger partial charge is 0.260 e. The first-order valence-electron chi connectivity index (χ1n) is 6.77. The summed E-state index contributed by atoms with van der Waals surface area (Å²) in [6.45, 7) is 0.550. The van der Waals surface area contributed by atoms with E-state index in [4.69, 9.17) is 27.9 Å². The Kier molecular flexibility index (Phi) is 6.04. The van der Waals surface area contributed by atoms with Gasteiger partial charge in [-0.05, 0) is 42.3 Å². The Labute approximate surface area is 139 Å². The number of rotatable bonds is 6. The van der Waals surface area contributed by atoms with Gasteiger partial charge in [-0.15, -0.1) is 0 Å². The molecule has 0 radical (unpaired) electrons. The van der Waals surface area contributed by atoms with E-state index < -0.39 is 0 Å². The van der Waals surface area contributed by atoms with Crippen molar-refractivity contribution >= 4 is 29.1 Å². The average molecular weight is 339 g/mol. The first-order chi connectivity index (χ1) is 10.6. The van der Waals surface area contributed by atoms with Crippen LogP contribution in [-0.2, 0) is 11.2 Å². The lowest BCUT2D eigenvalue weighted by Crippen LogP contribution is -2.33. The molecule has 0 spiro atoms. The molecule has 0 aliphatic carbocycles. The maximum Gasteiger partial charge on any atom is 0.260 e. The lowest BCUT2D eigenvalue weighted by Gasteiger charge is -2.17. The monoisotopic (exact) mass is 338 g/mol. The van der Waals surface area contributed by atoms with Crippen molar-refractivity contribution < 1.29 is 9.53 Å². The van der Waals surface area contributed by atoms with E-state index in [0.29, 0.717) is 22.3 Å². The van der Waals surface area contributed by atoms with Crippen LogP contribution in [0.3, 0.4) is 0 Å². The predicted molar refractivity (Wildman–Crippen MR) is 87.5 cm³/mol. The minimum atomic E-state index is -0.111. The van der Waals surface area contributed by atoms with Gasteiger partial charge in [0, 0.05) is 31.0 Å². The number of halogens is 2. The largest absolute Gasteiger partial charge is 0.482 e. The van der Waals surface area contributed by atoms with Crippen molar-refractivity contribution in [2.75, 3.05) is 20.2 Å². The topological polar surface area (TPSA) is 42.4 Å². The van der Waals surface area contributed by atoms with Gasteiger partial charge in [-0.2, -0.15) is 0 Å². The molecule has 0 aliphatic heterocycles. The Morgan fingerprint density at radius 3 is 2.64 bits per heavy atom. The van der Waals surface area contributed by atoms with Crippen molar-refractivity contribution in [2.45, 2.75) is 6.42 Å². The molecular formula is C16H16Cl2N2O2. The molecule has 116 valence electrons. The fourth-order valence-corrected chi connectivity index (χ4v) is 2.28. The molecule has 0 fully saturated rings. The average Bonchev–Trinajstić information content (AvgIpc) is 2.52. The minimum Gasteiger partial charge on any atom is -0.482 e. The SMILES string of the molecule is CN(CCc1ccncc1)C(=O)COc1ccc(Cl)cc1Cl. The number of aromatic nitrogens is 1. The molecule has 0 saturated heterocycles. The van der Waals surface area contributed by atoms with Crippen LogP contribution in [0.2, 0.25) is 10.0 Å². The summed E-state index contributed by atoms with van der Waals surface area (Å²) in [5, 5.41) is 0.915. The quantitative estimate of drug-likeness (QED) is 0.809. The summed E-state index contributed by atoms with van der Waals surface area (Å²) in [6.07, 6.45) is 4.25. The summed E-state index contributed by atoms with van der Waals surface area (Å²) in [5.41, 5.74) is 1.14. The Hall–Kier alpha value is -1.78. The molecule has 0 saturated carbocycles. The highest BCUT2D eigenvalue weighted by molar-refractivity contribution is 6.35. The van der Waals surface area contributed by atoms with Crippen molar-refractivity contribution in [1.29, 1.82) is 0 Å². The third-order valence-electron chi connectivity index (χ3n) is 3.16. The van der Waals surface area contributed by atoms with Gasteiger partial charge in [-0.3, -0.25) is 9.78 Å². The Morgan fingerprint density at radius 2 is 1.95 bits per heavy atom. The number of hydrogen-bond acceptors (Lipinski definition) is 3. The number of carbonyl (C=O) groups is 1. The van der Waals surface area contributed by atoms with E-state index in [-0.39, 0.29) is 12.5 Å². The van der Waals surface area contributed by atoms with Crippen LogP contribution in [0.25, 0.3) is 0 Å². The Morgan fingerprint density at radius 1 is 1.23 bits per heavy atom. The zero-order valence-electron chi connectivity index (χ0n) is 12.1. The summed E-state index contributed by atoms with van der Waals surface area (Å²) in [7, 11) is 1.75. The zero-order chi connectivity index (χ0) is 15.9. The summed E-state index contributed by atoms with van der Waals surface area (Å²) < 4.78 is 5.43.